The quantitative estimate of drug-likeness (QED) is 0.325. The first-order valence-electron chi connectivity index (χ1n) is 11.4. The minimum Gasteiger partial charge on any atom is -0.478 e. The molecule has 3 aromatic carbocycles. The number of aryl methyl sites for hydroxylation is 2. The molecule has 3 aromatic rings. The molecule has 4 rings (SSSR count). The first-order valence-corrected chi connectivity index (χ1v) is 11.4. The summed E-state index contributed by atoms with van der Waals surface area (Å²) in [6.45, 7) is 1.42. The summed E-state index contributed by atoms with van der Waals surface area (Å²) in [7, 11) is 0. The zero-order valence-electron chi connectivity index (χ0n) is 19.3. The van der Waals surface area contributed by atoms with Gasteiger partial charge in [0, 0.05) is 17.6 Å². The SMILES string of the molecule is CCOC1COC(c2ccc3c(F)c(CCc4cc(F)c(OCC(F)(F)F)c(F)c4)ccc3c2)OC1. The van der Waals surface area contributed by atoms with E-state index < -0.39 is 42.3 Å². The third-order valence-electron chi connectivity index (χ3n) is 5.72. The summed E-state index contributed by atoms with van der Waals surface area (Å²) in [5.41, 5.74) is 1.23. The number of hydrogen-bond donors (Lipinski definition) is 0. The van der Waals surface area contributed by atoms with Crippen LogP contribution in [0.25, 0.3) is 10.8 Å². The molecule has 36 heavy (non-hydrogen) atoms. The average molecular weight is 514 g/mol. The molecule has 0 radical (unpaired) electrons. The van der Waals surface area contributed by atoms with Gasteiger partial charge in [0.05, 0.1) is 13.2 Å². The van der Waals surface area contributed by atoms with Gasteiger partial charge in [-0.05, 0) is 54.5 Å². The van der Waals surface area contributed by atoms with Gasteiger partial charge in [0.1, 0.15) is 11.9 Å². The summed E-state index contributed by atoms with van der Waals surface area (Å²) in [6.07, 6.45) is -5.24. The molecule has 0 saturated carbocycles. The van der Waals surface area contributed by atoms with Gasteiger partial charge in [-0.2, -0.15) is 13.2 Å². The number of hydrogen-bond acceptors (Lipinski definition) is 4. The van der Waals surface area contributed by atoms with Crippen LogP contribution in [0.15, 0.2) is 42.5 Å². The molecule has 4 nitrogen and oxygen atoms in total. The second-order valence-corrected chi connectivity index (χ2v) is 8.39. The third kappa shape index (κ3) is 6.29. The maximum atomic E-state index is 15.2. The van der Waals surface area contributed by atoms with Crippen LogP contribution in [0.2, 0.25) is 0 Å². The number of ether oxygens (including phenoxy) is 4. The second kappa shape index (κ2) is 11.1. The van der Waals surface area contributed by atoms with Crippen molar-refractivity contribution in [1.29, 1.82) is 0 Å². The highest BCUT2D eigenvalue weighted by Crippen LogP contribution is 2.30. The van der Waals surface area contributed by atoms with Gasteiger partial charge in [-0.1, -0.05) is 24.3 Å². The molecule has 1 aliphatic rings. The number of halogens is 6. The van der Waals surface area contributed by atoms with Crippen molar-refractivity contribution in [3.8, 4) is 5.75 Å². The molecule has 1 fully saturated rings. The summed E-state index contributed by atoms with van der Waals surface area (Å²) in [5.74, 6) is -4.06. The molecule has 194 valence electrons. The molecular weight excluding hydrogens is 490 g/mol. The van der Waals surface area contributed by atoms with Crippen molar-refractivity contribution in [1.82, 2.24) is 0 Å². The van der Waals surface area contributed by atoms with E-state index in [1.54, 1.807) is 30.3 Å². The standard InChI is InChI=1S/C26H24F6O4/c1-2-33-19-12-34-25(35-13-19)18-7-8-20-17(11-18)6-5-16(23(20)29)4-3-15-9-21(27)24(22(28)10-15)36-14-26(30,31)32/h5-11,19,25H,2-4,12-14H2,1H3. The Bertz CT molecular complexity index is 1180. The highest BCUT2D eigenvalue weighted by molar-refractivity contribution is 5.84. The van der Waals surface area contributed by atoms with E-state index in [0.717, 1.165) is 17.7 Å². The molecule has 0 aliphatic carbocycles. The lowest BCUT2D eigenvalue weighted by Gasteiger charge is -2.29. The minimum absolute atomic E-state index is 0.0681. The summed E-state index contributed by atoms with van der Waals surface area (Å²) in [5, 5.41) is 1.00. The highest BCUT2D eigenvalue weighted by atomic mass is 19.4. The number of fused-ring (bicyclic) bond motifs is 1. The average Bonchev–Trinajstić information content (AvgIpc) is 2.83. The smallest absolute Gasteiger partial charge is 0.422 e. The normalized spacial score (nSPS) is 18.5. The monoisotopic (exact) mass is 514 g/mol. The van der Waals surface area contributed by atoms with Gasteiger partial charge in [0.15, 0.2) is 30.3 Å². The van der Waals surface area contributed by atoms with Gasteiger partial charge in [0.2, 0.25) is 0 Å². The lowest BCUT2D eigenvalue weighted by atomic mass is 9.98. The van der Waals surface area contributed by atoms with Gasteiger partial charge in [0.25, 0.3) is 0 Å². The van der Waals surface area contributed by atoms with E-state index in [2.05, 4.69) is 4.74 Å². The Labute approximate surface area is 203 Å². The molecule has 0 atom stereocenters. The molecular formula is C26H24F6O4. The van der Waals surface area contributed by atoms with Crippen LogP contribution < -0.4 is 4.74 Å². The fourth-order valence-corrected chi connectivity index (χ4v) is 4.03. The van der Waals surface area contributed by atoms with Crippen LogP contribution in [0.3, 0.4) is 0 Å². The molecule has 1 aliphatic heterocycles. The van der Waals surface area contributed by atoms with Crippen LogP contribution in [0.5, 0.6) is 5.75 Å². The van der Waals surface area contributed by atoms with Crippen molar-refractivity contribution in [3.63, 3.8) is 0 Å². The van der Waals surface area contributed by atoms with E-state index in [9.17, 15) is 22.0 Å². The Morgan fingerprint density at radius 2 is 1.61 bits per heavy atom. The summed E-state index contributed by atoms with van der Waals surface area (Å²) < 4.78 is 101. The Kier molecular flexibility index (Phi) is 8.07. The van der Waals surface area contributed by atoms with Crippen molar-refractivity contribution in [2.75, 3.05) is 26.4 Å². The second-order valence-electron chi connectivity index (χ2n) is 8.39. The topological polar surface area (TPSA) is 36.9 Å². The van der Waals surface area contributed by atoms with Crippen LogP contribution in [-0.4, -0.2) is 38.7 Å². The van der Waals surface area contributed by atoms with Crippen LogP contribution >= 0.6 is 0 Å². The van der Waals surface area contributed by atoms with Gasteiger partial charge in [-0.3, -0.25) is 0 Å². The van der Waals surface area contributed by atoms with E-state index in [-0.39, 0.29) is 24.5 Å². The minimum atomic E-state index is -4.73. The van der Waals surface area contributed by atoms with E-state index in [4.69, 9.17) is 14.2 Å². The van der Waals surface area contributed by atoms with Gasteiger partial charge >= 0.3 is 6.18 Å². The summed E-state index contributed by atoms with van der Waals surface area (Å²) in [4.78, 5) is 0. The first-order chi connectivity index (χ1) is 17.1. The van der Waals surface area contributed by atoms with E-state index in [1.807, 2.05) is 6.92 Å². The van der Waals surface area contributed by atoms with E-state index >= 15 is 4.39 Å². The molecule has 0 spiro atoms. The van der Waals surface area contributed by atoms with Crippen LogP contribution in [0.4, 0.5) is 26.3 Å². The summed E-state index contributed by atoms with van der Waals surface area (Å²) >= 11 is 0. The zero-order chi connectivity index (χ0) is 25.9. The van der Waals surface area contributed by atoms with Crippen LogP contribution in [-0.2, 0) is 27.1 Å². The van der Waals surface area contributed by atoms with Crippen molar-refractivity contribution in [2.24, 2.45) is 0 Å². The lowest BCUT2D eigenvalue weighted by molar-refractivity contribution is -0.229. The Morgan fingerprint density at radius 3 is 2.25 bits per heavy atom. The number of alkyl halides is 3. The molecule has 0 unspecified atom stereocenters. The third-order valence-corrected chi connectivity index (χ3v) is 5.72. The van der Waals surface area contributed by atoms with E-state index in [0.29, 0.717) is 36.2 Å². The van der Waals surface area contributed by atoms with Crippen molar-refractivity contribution >= 4 is 10.8 Å². The maximum absolute atomic E-state index is 15.2. The van der Waals surface area contributed by atoms with Crippen LogP contribution in [0.1, 0.15) is 29.9 Å². The number of rotatable bonds is 8. The molecule has 0 aromatic heterocycles. The van der Waals surface area contributed by atoms with Crippen molar-refractivity contribution < 1.29 is 45.3 Å². The molecule has 10 heteroatoms. The fraction of sp³-hybridized carbons (Fsp3) is 0.385. The number of benzene rings is 3. The van der Waals surface area contributed by atoms with Crippen molar-refractivity contribution in [3.05, 3.63) is 76.6 Å². The Morgan fingerprint density at radius 1 is 0.917 bits per heavy atom. The van der Waals surface area contributed by atoms with Crippen molar-refractivity contribution in [2.45, 2.75) is 38.3 Å². The maximum Gasteiger partial charge on any atom is 0.422 e. The fourth-order valence-electron chi connectivity index (χ4n) is 4.03. The van der Waals surface area contributed by atoms with Gasteiger partial charge < -0.3 is 18.9 Å². The Hall–Kier alpha value is -2.82. The van der Waals surface area contributed by atoms with E-state index in [1.165, 1.54) is 0 Å². The lowest BCUT2D eigenvalue weighted by Crippen LogP contribution is -2.33. The predicted molar refractivity (Wildman–Crippen MR) is 119 cm³/mol. The largest absolute Gasteiger partial charge is 0.478 e. The molecule has 0 N–H and O–H groups in total. The molecule has 1 saturated heterocycles. The molecule has 0 amide bonds. The van der Waals surface area contributed by atoms with Gasteiger partial charge in [-0.25, -0.2) is 13.2 Å². The highest BCUT2D eigenvalue weighted by Gasteiger charge is 2.30. The first kappa shape index (κ1) is 26.2. The zero-order valence-corrected chi connectivity index (χ0v) is 19.3. The molecule has 0 bridgehead atoms. The predicted octanol–water partition coefficient (Wildman–Crippen LogP) is 6.43. The summed E-state index contributed by atoms with van der Waals surface area (Å²) in [6, 6.07) is 10.2. The molecule has 1 heterocycles. The van der Waals surface area contributed by atoms with Gasteiger partial charge in [-0.15, -0.1) is 0 Å². The van der Waals surface area contributed by atoms with Crippen LogP contribution in [0, 0.1) is 17.5 Å². The Balaban J connectivity index is 1.44.